The minimum atomic E-state index is -0.575. The predicted octanol–water partition coefficient (Wildman–Crippen LogP) is 2.42. The van der Waals surface area contributed by atoms with Crippen LogP contribution in [0.15, 0.2) is 30.3 Å². The second-order valence-corrected chi connectivity index (χ2v) is 6.41. The van der Waals surface area contributed by atoms with E-state index >= 15 is 0 Å². The molecule has 1 aromatic heterocycles. The average Bonchev–Trinajstić information content (AvgIpc) is 2.68. The van der Waals surface area contributed by atoms with Crippen LogP contribution in [0.3, 0.4) is 0 Å². The van der Waals surface area contributed by atoms with Gasteiger partial charge in [0, 0.05) is 25.2 Å². The molecule has 9 nitrogen and oxygen atoms in total. The molecule has 27 heavy (non-hydrogen) atoms. The Hall–Kier alpha value is -3.54. The third-order valence-corrected chi connectivity index (χ3v) is 4.49. The van der Waals surface area contributed by atoms with Gasteiger partial charge in [-0.1, -0.05) is 0 Å². The molecule has 1 atom stereocenters. The SMILES string of the molecule is Cc1ccc(N2CCCC(C(=O)Nc3ccc([N+](=O)[O-])cc3C#N)C2)nn1. The van der Waals surface area contributed by atoms with Crippen LogP contribution in [0.2, 0.25) is 0 Å². The van der Waals surface area contributed by atoms with Gasteiger partial charge in [-0.05, 0) is 38.0 Å². The monoisotopic (exact) mass is 366 g/mol. The van der Waals surface area contributed by atoms with Crippen LogP contribution in [0, 0.1) is 34.3 Å². The summed E-state index contributed by atoms with van der Waals surface area (Å²) in [5.74, 6) is 0.236. The summed E-state index contributed by atoms with van der Waals surface area (Å²) in [5, 5.41) is 31.0. The maximum absolute atomic E-state index is 12.7. The van der Waals surface area contributed by atoms with Crippen molar-refractivity contribution in [2.24, 2.45) is 5.92 Å². The van der Waals surface area contributed by atoms with Crippen molar-refractivity contribution in [1.29, 1.82) is 5.26 Å². The van der Waals surface area contributed by atoms with Gasteiger partial charge in [0.2, 0.25) is 5.91 Å². The normalized spacial score (nSPS) is 16.4. The number of nitro benzene ring substituents is 1. The Morgan fingerprint density at radius 3 is 2.85 bits per heavy atom. The van der Waals surface area contributed by atoms with Crippen molar-refractivity contribution in [2.45, 2.75) is 19.8 Å². The molecule has 2 aromatic rings. The van der Waals surface area contributed by atoms with E-state index < -0.39 is 4.92 Å². The molecule has 1 fully saturated rings. The quantitative estimate of drug-likeness (QED) is 0.650. The highest BCUT2D eigenvalue weighted by Crippen LogP contribution is 2.25. The molecule has 0 radical (unpaired) electrons. The Balaban J connectivity index is 1.71. The molecule has 1 aliphatic heterocycles. The Morgan fingerprint density at radius 1 is 1.37 bits per heavy atom. The Bertz CT molecular complexity index is 906. The van der Waals surface area contributed by atoms with Gasteiger partial charge < -0.3 is 10.2 Å². The maximum atomic E-state index is 12.7. The molecule has 1 aromatic carbocycles. The highest BCUT2D eigenvalue weighted by atomic mass is 16.6. The van der Waals surface area contributed by atoms with Crippen molar-refractivity contribution in [2.75, 3.05) is 23.3 Å². The minimum absolute atomic E-state index is 0.0645. The Labute approximate surface area is 155 Å². The van der Waals surface area contributed by atoms with Crippen LogP contribution in [-0.4, -0.2) is 34.1 Å². The van der Waals surface area contributed by atoms with E-state index in [-0.39, 0.29) is 28.8 Å². The number of nitrogens with one attached hydrogen (secondary N) is 1. The fourth-order valence-corrected chi connectivity index (χ4v) is 3.04. The van der Waals surface area contributed by atoms with Gasteiger partial charge in [-0.3, -0.25) is 14.9 Å². The van der Waals surface area contributed by atoms with Gasteiger partial charge in [-0.15, -0.1) is 5.10 Å². The van der Waals surface area contributed by atoms with E-state index in [0.717, 1.165) is 37.0 Å². The number of piperidine rings is 1. The molecule has 0 spiro atoms. The van der Waals surface area contributed by atoms with Crippen LogP contribution in [0.5, 0.6) is 0 Å². The number of carbonyl (C=O) groups is 1. The molecule has 0 bridgehead atoms. The lowest BCUT2D eigenvalue weighted by atomic mass is 9.96. The lowest BCUT2D eigenvalue weighted by Gasteiger charge is -2.32. The van der Waals surface area contributed by atoms with Crippen LogP contribution in [0.4, 0.5) is 17.2 Å². The third kappa shape index (κ3) is 4.17. The number of carbonyl (C=O) groups excluding carboxylic acids is 1. The molecule has 1 aliphatic rings. The number of hydrogen-bond donors (Lipinski definition) is 1. The molecule has 9 heteroatoms. The molecule has 0 saturated carbocycles. The van der Waals surface area contributed by atoms with E-state index in [4.69, 9.17) is 0 Å². The highest BCUT2D eigenvalue weighted by molar-refractivity contribution is 5.94. The summed E-state index contributed by atoms with van der Waals surface area (Å²) >= 11 is 0. The van der Waals surface area contributed by atoms with Crippen molar-refractivity contribution in [1.82, 2.24) is 10.2 Å². The van der Waals surface area contributed by atoms with Gasteiger partial charge in [-0.25, -0.2) is 0 Å². The van der Waals surface area contributed by atoms with E-state index in [1.165, 1.54) is 12.1 Å². The number of rotatable bonds is 4. The molecular formula is C18H18N6O3. The molecule has 3 rings (SSSR count). The number of hydrogen-bond acceptors (Lipinski definition) is 7. The first-order valence-corrected chi connectivity index (χ1v) is 8.52. The first-order valence-electron chi connectivity index (χ1n) is 8.52. The molecule has 2 heterocycles. The van der Waals surface area contributed by atoms with E-state index in [9.17, 15) is 20.2 Å². The smallest absolute Gasteiger partial charge is 0.270 e. The zero-order valence-electron chi connectivity index (χ0n) is 14.8. The molecule has 1 saturated heterocycles. The molecule has 0 aliphatic carbocycles. The number of aryl methyl sites for hydroxylation is 1. The Kier molecular flexibility index (Phi) is 5.26. The largest absolute Gasteiger partial charge is 0.354 e. The number of nitrogens with zero attached hydrogens (tertiary/aromatic N) is 5. The van der Waals surface area contributed by atoms with Crippen LogP contribution < -0.4 is 10.2 Å². The van der Waals surface area contributed by atoms with Gasteiger partial charge in [0.25, 0.3) is 5.69 Å². The third-order valence-electron chi connectivity index (χ3n) is 4.49. The fourth-order valence-electron chi connectivity index (χ4n) is 3.04. The van der Waals surface area contributed by atoms with Crippen LogP contribution in [0.25, 0.3) is 0 Å². The van der Waals surface area contributed by atoms with Gasteiger partial charge in [0.05, 0.1) is 27.8 Å². The summed E-state index contributed by atoms with van der Waals surface area (Å²) in [6, 6.07) is 9.47. The summed E-state index contributed by atoms with van der Waals surface area (Å²) in [6.07, 6.45) is 1.55. The number of amides is 1. The Morgan fingerprint density at radius 2 is 2.19 bits per heavy atom. The van der Waals surface area contributed by atoms with Crippen molar-refractivity contribution in [3.8, 4) is 6.07 Å². The van der Waals surface area contributed by atoms with Gasteiger partial charge in [0.1, 0.15) is 6.07 Å². The molecular weight excluding hydrogens is 348 g/mol. The van der Waals surface area contributed by atoms with Gasteiger partial charge in [-0.2, -0.15) is 10.4 Å². The number of anilines is 2. The van der Waals surface area contributed by atoms with Crippen LogP contribution >= 0.6 is 0 Å². The molecule has 138 valence electrons. The minimum Gasteiger partial charge on any atom is -0.354 e. The number of non-ortho nitro benzene ring substituents is 1. The molecule has 1 amide bonds. The van der Waals surface area contributed by atoms with Crippen molar-refractivity contribution in [3.63, 3.8) is 0 Å². The van der Waals surface area contributed by atoms with Crippen LogP contribution in [0.1, 0.15) is 24.1 Å². The average molecular weight is 366 g/mol. The topological polar surface area (TPSA) is 125 Å². The summed E-state index contributed by atoms with van der Waals surface area (Å²) in [6.45, 7) is 3.15. The van der Waals surface area contributed by atoms with E-state index in [2.05, 4.69) is 15.5 Å². The van der Waals surface area contributed by atoms with Crippen molar-refractivity contribution in [3.05, 3.63) is 51.7 Å². The van der Waals surface area contributed by atoms with Crippen LogP contribution in [-0.2, 0) is 4.79 Å². The maximum Gasteiger partial charge on any atom is 0.270 e. The standard InChI is InChI=1S/C18H18N6O3/c1-12-4-7-17(22-21-12)23-8-2-3-13(11-23)18(25)20-16-6-5-15(24(26)27)9-14(16)10-19/h4-7,9,13H,2-3,8,11H2,1H3,(H,20,25). The molecule has 1 unspecified atom stereocenters. The zero-order chi connectivity index (χ0) is 19.4. The van der Waals surface area contributed by atoms with E-state index in [0.29, 0.717) is 6.54 Å². The van der Waals surface area contributed by atoms with E-state index in [1.54, 1.807) is 0 Å². The van der Waals surface area contributed by atoms with Gasteiger partial charge >= 0.3 is 0 Å². The predicted molar refractivity (Wildman–Crippen MR) is 98.1 cm³/mol. The van der Waals surface area contributed by atoms with Crippen molar-refractivity contribution >= 4 is 23.1 Å². The van der Waals surface area contributed by atoms with Crippen molar-refractivity contribution < 1.29 is 9.72 Å². The second kappa shape index (κ2) is 7.78. The first kappa shape index (κ1) is 18.3. The summed E-state index contributed by atoms with van der Waals surface area (Å²) in [4.78, 5) is 24.9. The summed E-state index contributed by atoms with van der Waals surface area (Å²) < 4.78 is 0. The first-order chi connectivity index (χ1) is 13.0. The number of nitro groups is 1. The molecule has 1 N–H and O–H groups in total. The highest BCUT2D eigenvalue weighted by Gasteiger charge is 2.27. The number of aromatic nitrogens is 2. The summed E-state index contributed by atoms with van der Waals surface area (Å²) in [7, 11) is 0. The fraction of sp³-hybridized carbons (Fsp3) is 0.333. The lowest BCUT2D eigenvalue weighted by Crippen LogP contribution is -2.41. The number of nitriles is 1. The number of benzene rings is 1. The van der Waals surface area contributed by atoms with E-state index in [1.807, 2.05) is 30.0 Å². The summed E-state index contributed by atoms with van der Waals surface area (Å²) in [5.41, 5.74) is 0.980. The lowest BCUT2D eigenvalue weighted by molar-refractivity contribution is -0.384. The second-order valence-electron chi connectivity index (χ2n) is 6.41. The van der Waals surface area contributed by atoms with Gasteiger partial charge in [0.15, 0.2) is 5.82 Å². The zero-order valence-corrected chi connectivity index (χ0v) is 14.8.